The average molecular weight is 411 g/mol. The molecule has 2 aliphatic rings. The molecule has 0 bridgehead atoms. The zero-order chi connectivity index (χ0) is 21.3. The number of piperazine rings is 1. The van der Waals surface area contributed by atoms with Gasteiger partial charge in [0, 0.05) is 31.9 Å². The standard InChI is InChI=1S/C21H21N3O6/c1-29-19(25)14-2-6-17(7-3-14)30-18-8-4-15(5-9-18)24-13-16-12-22(21(27)28)10-11-23(16)20(24)26/h2-9,16H,10-13H2,1H3,(H,27,28). The van der Waals surface area contributed by atoms with E-state index in [2.05, 4.69) is 4.74 Å². The Hall–Kier alpha value is -3.75. The van der Waals surface area contributed by atoms with Crippen LogP contribution in [0.4, 0.5) is 15.3 Å². The molecular formula is C21H21N3O6. The predicted octanol–water partition coefficient (Wildman–Crippen LogP) is 2.87. The minimum atomic E-state index is -0.957. The smallest absolute Gasteiger partial charge is 0.407 e. The van der Waals surface area contributed by atoms with Gasteiger partial charge < -0.3 is 24.4 Å². The van der Waals surface area contributed by atoms with Crippen molar-refractivity contribution in [2.24, 2.45) is 0 Å². The van der Waals surface area contributed by atoms with Crippen LogP contribution in [-0.2, 0) is 4.74 Å². The highest BCUT2D eigenvalue weighted by atomic mass is 16.5. The number of nitrogens with zero attached hydrogens (tertiary/aromatic N) is 3. The van der Waals surface area contributed by atoms with Crippen molar-refractivity contribution in [3.8, 4) is 11.5 Å². The number of carbonyl (C=O) groups is 3. The van der Waals surface area contributed by atoms with Crippen molar-refractivity contribution in [1.29, 1.82) is 0 Å². The molecule has 0 aliphatic carbocycles. The number of benzene rings is 2. The van der Waals surface area contributed by atoms with Crippen molar-refractivity contribution in [3.05, 3.63) is 54.1 Å². The molecule has 9 heteroatoms. The molecule has 1 atom stereocenters. The molecule has 1 N–H and O–H groups in total. The summed E-state index contributed by atoms with van der Waals surface area (Å²) in [7, 11) is 1.33. The first kappa shape index (κ1) is 19.6. The van der Waals surface area contributed by atoms with E-state index in [0.29, 0.717) is 43.2 Å². The fraction of sp³-hybridized carbons (Fsp3) is 0.286. The lowest BCUT2D eigenvalue weighted by Crippen LogP contribution is -2.53. The zero-order valence-electron chi connectivity index (χ0n) is 16.4. The molecule has 3 amide bonds. The van der Waals surface area contributed by atoms with Crippen molar-refractivity contribution >= 4 is 23.8 Å². The molecular weight excluding hydrogens is 390 g/mol. The van der Waals surface area contributed by atoms with Crippen LogP contribution in [0, 0.1) is 0 Å². The van der Waals surface area contributed by atoms with E-state index >= 15 is 0 Å². The Kier molecular flexibility index (Phi) is 5.18. The van der Waals surface area contributed by atoms with Crippen LogP contribution < -0.4 is 9.64 Å². The van der Waals surface area contributed by atoms with E-state index in [9.17, 15) is 19.5 Å². The van der Waals surface area contributed by atoms with Gasteiger partial charge in [0.2, 0.25) is 0 Å². The van der Waals surface area contributed by atoms with Crippen LogP contribution in [-0.4, -0.2) is 72.3 Å². The molecule has 0 aromatic heterocycles. The summed E-state index contributed by atoms with van der Waals surface area (Å²) >= 11 is 0. The number of methoxy groups -OCH3 is 1. The molecule has 0 radical (unpaired) electrons. The summed E-state index contributed by atoms with van der Waals surface area (Å²) in [5.41, 5.74) is 1.16. The number of fused-ring (bicyclic) bond motifs is 1. The van der Waals surface area contributed by atoms with Crippen LogP contribution in [0.1, 0.15) is 10.4 Å². The van der Waals surface area contributed by atoms with Gasteiger partial charge in [0.05, 0.1) is 18.7 Å². The highest BCUT2D eigenvalue weighted by Gasteiger charge is 2.42. The van der Waals surface area contributed by atoms with E-state index in [0.717, 1.165) is 5.69 Å². The number of urea groups is 1. The van der Waals surface area contributed by atoms with Crippen LogP contribution in [0.15, 0.2) is 48.5 Å². The van der Waals surface area contributed by atoms with Gasteiger partial charge in [-0.25, -0.2) is 14.4 Å². The normalized spacial score (nSPS) is 18.2. The third-order valence-corrected chi connectivity index (χ3v) is 5.28. The molecule has 1 unspecified atom stereocenters. The van der Waals surface area contributed by atoms with Crippen LogP contribution in [0.2, 0.25) is 0 Å². The van der Waals surface area contributed by atoms with Crippen molar-refractivity contribution in [2.45, 2.75) is 6.04 Å². The Labute approximate surface area is 173 Å². The van der Waals surface area contributed by atoms with Crippen molar-refractivity contribution in [1.82, 2.24) is 9.80 Å². The number of hydrogen-bond acceptors (Lipinski definition) is 5. The number of ether oxygens (including phenoxy) is 2. The van der Waals surface area contributed by atoms with E-state index in [1.165, 1.54) is 12.0 Å². The van der Waals surface area contributed by atoms with Crippen LogP contribution in [0.25, 0.3) is 0 Å². The average Bonchev–Trinajstić information content (AvgIpc) is 3.10. The molecule has 30 heavy (non-hydrogen) atoms. The highest BCUT2D eigenvalue weighted by Crippen LogP contribution is 2.29. The largest absolute Gasteiger partial charge is 0.465 e. The van der Waals surface area contributed by atoms with Crippen molar-refractivity contribution < 1.29 is 29.0 Å². The minimum absolute atomic E-state index is 0.114. The van der Waals surface area contributed by atoms with Crippen LogP contribution >= 0.6 is 0 Å². The first-order valence-electron chi connectivity index (χ1n) is 9.48. The van der Waals surface area contributed by atoms with Gasteiger partial charge in [0.15, 0.2) is 0 Å². The molecule has 2 aromatic rings. The number of anilines is 1. The number of carbonyl (C=O) groups excluding carboxylic acids is 2. The maximum atomic E-state index is 12.7. The third kappa shape index (κ3) is 3.73. The number of carboxylic acid groups (broad SMARTS) is 1. The lowest BCUT2D eigenvalue weighted by Gasteiger charge is -2.34. The van der Waals surface area contributed by atoms with Gasteiger partial charge in [-0.05, 0) is 48.5 Å². The summed E-state index contributed by atoms with van der Waals surface area (Å²) in [5, 5.41) is 9.19. The Bertz CT molecular complexity index is 960. The maximum absolute atomic E-state index is 12.7. The van der Waals surface area contributed by atoms with Gasteiger partial charge in [0.25, 0.3) is 0 Å². The van der Waals surface area contributed by atoms with Crippen LogP contribution in [0.5, 0.6) is 11.5 Å². The van der Waals surface area contributed by atoms with E-state index < -0.39 is 12.1 Å². The quantitative estimate of drug-likeness (QED) is 0.777. The minimum Gasteiger partial charge on any atom is -0.465 e. The van der Waals surface area contributed by atoms with Gasteiger partial charge >= 0.3 is 18.1 Å². The van der Waals surface area contributed by atoms with Crippen molar-refractivity contribution in [2.75, 3.05) is 38.2 Å². The molecule has 2 heterocycles. The van der Waals surface area contributed by atoms with Gasteiger partial charge in [-0.1, -0.05) is 0 Å². The summed E-state index contributed by atoms with van der Waals surface area (Å²) in [6.07, 6.45) is -0.957. The first-order chi connectivity index (χ1) is 14.5. The maximum Gasteiger partial charge on any atom is 0.407 e. The molecule has 2 fully saturated rings. The summed E-state index contributed by atoms with van der Waals surface area (Å²) in [5.74, 6) is 0.744. The van der Waals surface area contributed by atoms with Gasteiger partial charge in [-0.2, -0.15) is 0 Å². The third-order valence-electron chi connectivity index (χ3n) is 5.28. The molecule has 2 aliphatic heterocycles. The zero-order valence-corrected chi connectivity index (χ0v) is 16.4. The fourth-order valence-corrected chi connectivity index (χ4v) is 3.70. The first-order valence-corrected chi connectivity index (χ1v) is 9.48. The monoisotopic (exact) mass is 411 g/mol. The van der Waals surface area contributed by atoms with E-state index in [-0.39, 0.29) is 12.1 Å². The summed E-state index contributed by atoms with van der Waals surface area (Å²) in [4.78, 5) is 40.1. The summed E-state index contributed by atoms with van der Waals surface area (Å²) in [6, 6.07) is 13.4. The lowest BCUT2D eigenvalue weighted by molar-refractivity contribution is 0.0600. The Morgan fingerprint density at radius 2 is 1.60 bits per heavy atom. The topological polar surface area (TPSA) is 99.6 Å². The van der Waals surface area contributed by atoms with Crippen molar-refractivity contribution in [3.63, 3.8) is 0 Å². The second kappa shape index (κ2) is 7.94. The van der Waals surface area contributed by atoms with E-state index in [1.807, 2.05) is 0 Å². The highest BCUT2D eigenvalue weighted by molar-refractivity contribution is 5.95. The lowest BCUT2D eigenvalue weighted by atomic mass is 10.2. The van der Waals surface area contributed by atoms with E-state index in [1.54, 1.807) is 58.3 Å². The van der Waals surface area contributed by atoms with E-state index in [4.69, 9.17) is 4.74 Å². The Morgan fingerprint density at radius 1 is 0.967 bits per heavy atom. The number of rotatable bonds is 4. The molecule has 2 saturated heterocycles. The second-order valence-corrected chi connectivity index (χ2v) is 7.08. The Morgan fingerprint density at radius 3 is 2.20 bits per heavy atom. The number of esters is 1. The molecule has 9 nitrogen and oxygen atoms in total. The van der Waals surface area contributed by atoms with Gasteiger partial charge in [-0.15, -0.1) is 0 Å². The summed E-state index contributed by atoms with van der Waals surface area (Å²) < 4.78 is 10.5. The van der Waals surface area contributed by atoms with Gasteiger partial charge in [0.1, 0.15) is 11.5 Å². The molecule has 0 saturated carbocycles. The summed E-state index contributed by atoms with van der Waals surface area (Å²) in [6.45, 7) is 1.49. The molecule has 156 valence electrons. The van der Waals surface area contributed by atoms with Crippen LogP contribution in [0.3, 0.4) is 0 Å². The SMILES string of the molecule is COC(=O)c1ccc(Oc2ccc(N3CC4CN(C(=O)O)CCN4C3=O)cc2)cc1. The molecule has 2 aromatic carbocycles. The Balaban J connectivity index is 1.42. The molecule has 0 spiro atoms. The fourth-order valence-electron chi connectivity index (χ4n) is 3.70. The predicted molar refractivity (Wildman–Crippen MR) is 107 cm³/mol. The number of amides is 3. The molecule has 4 rings (SSSR count). The van der Waals surface area contributed by atoms with Gasteiger partial charge in [-0.3, -0.25) is 4.90 Å². The number of hydrogen-bond donors (Lipinski definition) is 1. The second-order valence-electron chi connectivity index (χ2n) is 7.08.